The highest BCUT2D eigenvalue weighted by molar-refractivity contribution is 6.35. The van der Waals surface area contributed by atoms with Crippen LogP contribution in [-0.2, 0) is 6.61 Å². The van der Waals surface area contributed by atoms with E-state index in [1.165, 1.54) is 0 Å². The van der Waals surface area contributed by atoms with E-state index in [1.54, 1.807) is 18.2 Å². The van der Waals surface area contributed by atoms with Crippen LogP contribution in [-0.4, -0.2) is 11.7 Å². The molecule has 0 spiro atoms. The van der Waals surface area contributed by atoms with Gasteiger partial charge in [0, 0.05) is 21.2 Å². The number of hydrogen-bond acceptors (Lipinski definition) is 2. The van der Waals surface area contributed by atoms with Gasteiger partial charge in [0.1, 0.15) is 19.0 Å². The summed E-state index contributed by atoms with van der Waals surface area (Å²) in [7, 11) is 0. The van der Waals surface area contributed by atoms with Crippen LogP contribution >= 0.6 is 23.2 Å². The first-order valence-corrected chi connectivity index (χ1v) is 7.13. The first-order chi connectivity index (χ1) is 10.1. The number of hydrogen-bond donors (Lipinski definition) is 1. The van der Waals surface area contributed by atoms with E-state index in [2.05, 4.69) is 11.8 Å². The predicted molar refractivity (Wildman–Crippen MR) is 85.9 cm³/mol. The molecule has 0 atom stereocenters. The quantitative estimate of drug-likeness (QED) is 0.858. The van der Waals surface area contributed by atoms with Gasteiger partial charge in [-0.3, -0.25) is 0 Å². The highest BCUT2D eigenvalue weighted by Gasteiger charge is 2.07. The van der Waals surface area contributed by atoms with E-state index in [9.17, 15) is 0 Å². The second-order valence-corrected chi connectivity index (χ2v) is 5.24. The Labute approximate surface area is 134 Å². The number of benzene rings is 2. The fraction of sp³-hybridized carbons (Fsp3) is 0.176. The standard InChI is InChI=1S/C17H14Cl2O2/c1-12-10-13(4-3-9-20)7-8-17(12)21-11-14-15(18)5-2-6-16(14)19/h2,5-8,10,20H,9,11H2,1H3. The predicted octanol–water partition coefficient (Wildman–Crippen LogP) is 4.22. The molecule has 0 saturated heterocycles. The van der Waals surface area contributed by atoms with E-state index < -0.39 is 0 Å². The van der Waals surface area contributed by atoms with Crippen molar-refractivity contribution >= 4 is 23.2 Å². The molecule has 2 aromatic rings. The molecule has 1 N–H and O–H groups in total. The Morgan fingerprint density at radius 3 is 2.48 bits per heavy atom. The first-order valence-electron chi connectivity index (χ1n) is 6.38. The fourth-order valence-electron chi connectivity index (χ4n) is 1.85. The largest absolute Gasteiger partial charge is 0.489 e. The third-order valence-corrected chi connectivity index (χ3v) is 3.63. The maximum absolute atomic E-state index is 8.69. The molecule has 0 bridgehead atoms. The zero-order valence-electron chi connectivity index (χ0n) is 11.5. The lowest BCUT2D eigenvalue weighted by Gasteiger charge is -2.11. The van der Waals surface area contributed by atoms with Gasteiger partial charge >= 0.3 is 0 Å². The van der Waals surface area contributed by atoms with Crippen LogP contribution in [0.1, 0.15) is 16.7 Å². The van der Waals surface area contributed by atoms with Crippen LogP contribution in [0.3, 0.4) is 0 Å². The van der Waals surface area contributed by atoms with Crippen molar-refractivity contribution < 1.29 is 9.84 Å². The van der Waals surface area contributed by atoms with Crippen LogP contribution in [0.5, 0.6) is 5.75 Å². The molecule has 0 aromatic heterocycles. The normalized spacial score (nSPS) is 9.90. The lowest BCUT2D eigenvalue weighted by atomic mass is 10.1. The lowest BCUT2D eigenvalue weighted by molar-refractivity contribution is 0.304. The molecule has 21 heavy (non-hydrogen) atoms. The van der Waals surface area contributed by atoms with E-state index in [1.807, 2.05) is 25.1 Å². The second kappa shape index (κ2) is 7.38. The van der Waals surface area contributed by atoms with Crippen LogP contribution in [0, 0.1) is 18.8 Å². The topological polar surface area (TPSA) is 29.5 Å². The number of aliphatic hydroxyl groups excluding tert-OH is 1. The molecule has 0 amide bonds. The molecule has 2 rings (SSSR count). The Bertz CT molecular complexity index is 679. The second-order valence-electron chi connectivity index (χ2n) is 4.43. The number of aliphatic hydroxyl groups is 1. The molecule has 108 valence electrons. The monoisotopic (exact) mass is 320 g/mol. The summed E-state index contributed by atoms with van der Waals surface area (Å²) in [5, 5.41) is 9.87. The van der Waals surface area contributed by atoms with Gasteiger partial charge in [-0.2, -0.15) is 0 Å². The van der Waals surface area contributed by atoms with Crippen LogP contribution < -0.4 is 4.74 Å². The van der Waals surface area contributed by atoms with Gasteiger partial charge in [-0.15, -0.1) is 0 Å². The van der Waals surface area contributed by atoms with Crippen molar-refractivity contribution in [3.63, 3.8) is 0 Å². The Kier molecular flexibility index (Phi) is 5.52. The highest BCUT2D eigenvalue weighted by atomic mass is 35.5. The first kappa shape index (κ1) is 15.7. The van der Waals surface area contributed by atoms with Crippen molar-refractivity contribution in [1.29, 1.82) is 0 Å². The molecule has 0 aliphatic rings. The molecule has 2 aromatic carbocycles. The zero-order valence-corrected chi connectivity index (χ0v) is 13.0. The maximum Gasteiger partial charge on any atom is 0.122 e. The van der Waals surface area contributed by atoms with Crippen molar-refractivity contribution in [3.05, 3.63) is 63.1 Å². The van der Waals surface area contributed by atoms with Gasteiger partial charge in [0.15, 0.2) is 0 Å². The van der Waals surface area contributed by atoms with E-state index in [-0.39, 0.29) is 6.61 Å². The Balaban J connectivity index is 2.14. The fourth-order valence-corrected chi connectivity index (χ4v) is 2.36. The lowest BCUT2D eigenvalue weighted by Crippen LogP contribution is -1.99. The van der Waals surface area contributed by atoms with Crippen molar-refractivity contribution in [2.45, 2.75) is 13.5 Å². The molecule has 0 fully saturated rings. The highest BCUT2D eigenvalue weighted by Crippen LogP contribution is 2.27. The summed E-state index contributed by atoms with van der Waals surface area (Å²) in [6.07, 6.45) is 0. The van der Waals surface area contributed by atoms with Gasteiger partial charge in [-0.25, -0.2) is 0 Å². The minimum absolute atomic E-state index is 0.150. The SMILES string of the molecule is Cc1cc(C#CCO)ccc1OCc1c(Cl)cccc1Cl. The molecule has 4 heteroatoms. The third-order valence-electron chi connectivity index (χ3n) is 2.92. The molecule has 0 radical (unpaired) electrons. The van der Waals surface area contributed by atoms with Gasteiger partial charge in [-0.05, 0) is 42.8 Å². The third kappa shape index (κ3) is 4.15. The van der Waals surface area contributed by atoms with Crippen LogP contribution in [0.15, 0.2) is 36.4 Å². The van der Waals surface area contributed by atoms with E-state index in [4.69, 9.17) is 33.0 Å². The summed E-state index contributed by atoms with van der Waals surface area (Å²) < 4.78 is 5.78. The number of ether oxygens (including phenoxy) is 1. The molecule has 0 aliphatic carbocycles. The van der Waals surface area contributed by atoms with Gasteiger partial charge in [0.2, 0.25) is 0 Å². The van der Waals surface area contributed by atoms with E-state index in [0.717, 1.165) is 22.4 Å². The van der Waals surface area contributed by atoms with Gasteiger partial charge in [-0.1, -0.05) is 41.1 Å². The summed E-state index contributed by atoms with van der Waals surface area (Å²) in [4.78, 5) is 0. The Morgan fingerprint density at radius 1 is 1.14 bits per heavy atom. The molecular weight excluding hydrogens is 307 g/mol. The number of aryl methyl sites for hydroxylation is 1. The number of halogens is 2. The average Bonchev–Trinajstić information content (AvgIpc) is 2.46. The van der Waals surface area contributed by atoms with Crippen LogP contribution in [0.4, 0.5) is 0 Å². The van der Waals surface area contributed by atoms with Crippen LogP contribution in [0.25, 0.3) is 0 Å². The van der Waals surface area contributed by atoms with E-state index in [0.29, 0.717) is 16.7 Å². The molecule has 0 heterocycles. The van der Waals surface area contributed by atoms with Crippen molar-refractivity contribution in [3.8, 4) is 17.6 Å². The van der Waals surface area contributed by atoms with Gasteiger partial charge in [0.25, 0.3) is 0 Å². The molecular formula is C17H14Cl2O2. The van der Waals surface area contributed by atoms with E-state index >= 15 is 0 Å². The molecule has 0 aliphatic heterocycles. The number of rotatable bonds is 3. The van der Waals surface area contributed by atoms with Crippen molar-refractivity contribution in [2.75, 3.05) is 6.61 Å². The Hall–Kier alpha value is -1.66. The molecule has 0 saturated carbocycles. The summed E-state index contributed by atoms with van der Waals surface area (Å²) in [5.74, 6) is 6.22. The maximum atomic E-state index is 8.69. The van der Waals surface area contributed by atoms with Crippen molar-refractivity contribution in [1.82, 2.24) is 0 Å². The van der Waals surface area contributed by atoms with Gasteiger partial charge in [0.05, 0.1) is 0 Å². The minimum Gasteiger partial charge on any atom is -0.489 e. The summed E-state index contributed by atoms with van der Waals surface area (Å²) in [5.41, 5.74) is 2.57. The summed E-state index contributed by atoms with van der Waals surface area (Å²) >= 11 is 12.2. The van der Waals surface area contributed by atoms with Crippen LogP contribution in [0.2, 0.25) is 10.0 Å². The van der Waals surface area contributed by atoms with Crippen molar-refractivity contribution in [2.24, 2.45) is 0 Å². The zero-order chi connectivity index (χ0) is 15.2. The molecule has 0 unspecified atom stereocenters. The summed E-state index contributed by atoms with van der Waals surface area (Å²) in [6.45, 7) is 2.09. The summed E-state index contributed by atoms with van der Waals surface area (Å²) in [6, 6.07) is 11.0. The minimum atomic E-state index is -0.150. The Morgan fingerprint density at radius 2 is 1.86 bits per heavy atom. The van der Waals surface area contributed by atoms with Gasteiger partial charge < -0.3 is 9.84 Å². The average molecular weight is 321 g/mol. The smallest absolute Gasteiger partial charge is 0.122 e. The molecule has 2 nitrogen and oxygen atoms in total.